The summed E-state index contributed by atoms with van der Waals surface area (Å²) < 4.78 is 0. The quantitative estimate of drug-likeness (QED) is 0.319. The van der Waals surface area contributed by atoms with E-state index in [1.807, 2.05) is 0 Å². The normalized spacial score (nSPS) is 0.800. The molecule has 6 nitrogen and oxygen atoms in total. The molecule has 0 heterocycles. The van der Waals surface area contributed by atoms with Gasteiger partial charge in [0, 0.05) is 0 Å². The summed E-state index contributed by atoms with van der Waals surface area (Å²) in [6.45, 7) is 28.5. The van der Waals surface area contributed by atoms with E-state index < -0.39 is 0 Å². The van der Waals surface area contributed by atoms with E-state index in [4.69, 9.17) is 71.0 Å². The fourth-order valence-electron chi connectivity index (χ4n) is 0. The molecule has 0 aromatic carbocycles. The van der Waals surface area contributed by atoms with Crippen LogP contribution < -0.4 is 103 Å². The second-order valence-corrected chi connectivity index (χ2v) is 0. The molecule has 0 rings (SSSR count). The molecule has 0 aromatic heterocycles. The first-order valence-corrected chi connectivity index (χ1v) is 1.34. The van der Waals surface area contributed by atoms with Crippen LogP contribution in [0, 0.1) is 71.0 Å². The molecule has 0 spiro atoms. The number of rotatable bonds is 0. The Morgan fingerprint density at radius 2 is 0.333 bits per heavy atom. The molecular weight excluding hydrogens is 335 g/mol. The SMILES string of the molecule is [C-]#N.[C-]#N.[C-]#N.[C-]#N.[C-]#N.[C-]#N.[K+].[K+].[Ru+4]. The fourth-order valence-corrected chi connectivity index (χ4v) is 0. The van der Waals surface area contributed by atoms with Gasteiger partial charge in [-0.15, -0.1) is 0 Å². The summed E-state index contributed by atoms with van der Waals surface area (Å²) in [6, 6.07) is 0. The average molecular weight is 335 g/mol. The van der Waals surface area contributed by atoms with Crippen molar-refractivity contribution in [1.29, 1.82) is 31.6 Å². The third-order valence-corrected chi connectivity index (χ3v) is 0. The van der Waals surface area contributed by atoms with Crippen molar-refractivity contribution in [3.63, 3.8) is 0 Å². The molecule has 0 bridgehead atoms. The summed E-state index contributed by atoms with van der Waals surface area (Å²) in [6.07, 6.45) is 0. The van der Waals surface area contributed by atoms with Gasteiger partial charge < -0.3 is 71.0 Å². The molecule has 0 aliphatic heterocycles. The molecular formula is C6K2N6Ru. The van der Waals surface area contributed by atoms with Gasteiger partial charge in [0.25, 0.3) is 0 Å². The van der Waals surface area contributed by atoms with Crippen LogP contribution in [0.5, 0.6) is 0 Å². The maximum atomic E-state index is 6.25. The minimum Gasteiger partial charge on any atom is -0.512 e. The monoisotopic (exact) mass is 336 g/mol. The molecule has 0 saturated heterocycles. The molecule has 0 amide bonds. The van der Waals surface area contributed by atoms with Gasteiger partial charge in [0.15, 0.2) is 0 Å². The van der Waals surface area contributed by atoms with Crippen molar-refractivity contribution in [1.82, 2.24) is 0 Å². The van der Waals surface area contributed by atoms with Crippen LogP contribution in [-0.2, 0) is 19.5 Å². The van der Waals surface area contributed by atoms with Gasteiger partial charge in [0.05, 0.1) is 0 Å². The first kappa shape index (κ1) is 74.6. The Morgan fingerprint density at radius 1 is 0.333 bits per heavy atom. The Morgan fingerprint density at radius 3 is 0.333 bits per heavy atom. The van der Waals surface area contributed by atoms with Gasteiger partial charge >= 0.3 is 122 Å². The van der Waals surface area contributed by atoms with Gasteiger partial charge in [-0.05, 0) is 0 Å². The minimum atomic E-state index is 0. The predicted molar refractivity (Wildman–Crippen MR) is 29.8 cm³/mol. The maximum Gasteiger partial charge on any atom is 4.00 e. The molecule has 0 aliphatic rings. The first-order valence-electron chi connectivity index (χ1n) is 1.34. The van der Waals surface area contributed by atoms with Crippen LogP contribution in [0.3, 0.4) is 0 Å². The third kappa shape index (κ3) is 3500. The van der Waals surface area contributed by atoms with E-state index in [2.05, 4.69) is 0 Å². The summed E-state index contributed by atoms with van der Waals surface area (Å²) in [5.74, 6) is 0. The molecule has 0 unspecified atom stereocenters. The van der Waals surface area contributed by atoms with Gasteiger partial charge in [-0.2, -0.15) is 0 Å². The zero-order valence-electron chi connectivity index (χ0n) is 8.04. The van der Waals surface area contributed by atoms with E-state index >= 15 is 0 Å². The average Bonchev–Trinajstić information content (AvgIpc) is 2.33. The molecule has 0 radical (unpaired) electrons. The van der Waals surface area contributed by atoms with E-state index in [-0.39, 0.29) is 122 Å². The zero-order valence-corrected chi connectivity index (χ0v) is 16.0. The van der Waals surface area contributed by atoms with Crippen molar-refractivity contribution < 1.29 is 122 Å². The molecule has 9 heteroatoms. The zero-order chi connectivity index (χ0) is 12.0. The van der Waals surface area contributed by atoms with E-state index in [0.717, 1.165) is 0 Å². The van der Waals surface area contributed by atoms with Gasteiger partial charge in [0.1, 0.15) is 0 Å². The van der Waals surface area contributed by atoms with Crippen molar-refractivity contribution in [2.45, 2.75) is 0 Å². The Balaban J connectivity index is -0.00000000396. The van der Waals surface area contributed by atoms with Crippen LogP contribution in [-0.4, -0.2) is 0 Å². The number of hydrogen-bond donors (Lipinski definition) is 0. The second-order valence-electron chi connectivity index (χ2n) is 0. The van der Waals surface area contributed by atoms with Crippen LogP contribution in [0.2, 0.25) is 0 Å². The van der Waals surface area contributed by atoms with Crippen molar-refractivity contribution >= 4 is 0 Å². The first-order chi connectivity index (χ1) is 6.00. The Labute approximate surface area is 189 Å². The smallest absolute Gasteiger partial charge is 0.512 e. The van der Waals surface area contributed by atoms with Crippen LogP contribution in [0.4, 0.5) is 0 Å². The standard InChI is InChI=1S/6CN.2K.Ru/c6*1-2;;;/q6*-1;2*+1;+4. The molecule has 0 aromatic rings. The summed E-state index contributed by atoms with van der Waals surface area (Å²) in [4.78, 5) is 0. The summed E-state index contributed by atoms with van der Waals surface area (Å²) in [5.41, 5.74) is 0. The van der Waals surface area contributed by atoms with Crippen molar-refractivity contribution in [2.24, 2.45) is 0 Å². The molecule has 0 saturated carbocycles. The Bertz CT molecular complexity index is 101. The van der Waals surface area contributed by atoms with E-state index in [0.29, 0.717) is 0 Å². The van der Waals surface area contributed by atoms with Gasteiger partial charge in [-0.1, -0.05) is 0 Å². The van der Waals surface area contributed by atoms with Crippen molar-refractivity contribution in [3.05, 3.63) is 39.4 Å². The maximum absolute atomic E-state index is 6.25. The molecule has 0 aliphatic carbocycles. The predicted octanol–water partition coefficient (Wildman–Crippen LogP) is -5.42. The largest absolute Gasteiger partial charge is 4.00 e. The molecule has 64 valence electrons. The minimum absolute atomic E-state index is 0. The van der Waals surface area contributed by atoms with E-state index in [9.17, 15) is 0 Å². The van der Waals surface area contributed by atoms with Gasteiger partial charge in [-0.25, -0.2) is 0 Å². The van der Waals surface area contributed by atoms with E-state index in [1.165, 1.54) is 0 Å². The van der Waals surface area contributed by atoms with Gasteiger partial charge in [0.2, 0.25) is 0 Å². The Hall–Kier alpha value is 0.836. The summed E-state index contributed by atoms with van der Waals surface area (Å²) in [7, 11) is 0. The van der Waals surface area contributed by atoms with Crippen LogP contribution in [0.25, 0.3) is 0 Å². The fraction of sp³-hybridized carbons (Fsp3) is 0. The third-order valence-electron chi connectivity index (χ3n) is 0. The molecule has 0 fully saturated rings. The molecule has 0 N–H and O–H groups in total. The topological polar surface area (TPSA) is 143 Å². The van der Waals surface area contributed by atoms with Crippen LogP contribution in [0.15, 0.2) is 0 Å². The van der Waals surface area contributed by atoms with Crippen LogP contribution in [0.1, 0.15) is 0 Å². The van der Waals surface area contributed by atoms with Crippen molar-refractivity contribution in [2.75, 3.05) is 0 Å². The summed E-state index contributed by atoms with van der Waals surface area (Å²) in [5, 5.41) is 37.5. The number of nitrogens with zero attached hydrogens (tertiary/aromatic N) is 6. The Kier molecular flexibility index (Phi) is 20200. The van der Waals surface area contributed by atoms with Crippen LogP contribution >= 0.6 is 0 Å². The van der Waals surface area contributed by atoms with E-state index in [1.54, 1.807) is 0 Å². The van der Waals surface area contributed by atoms with Gasteiger partial charge in [-0.3, -0.25) is 0 Å². The molecule has 15 heavy (non-hydrogen) atoms. The second kappa shape index (κ2) is 4060. The van der Waals surface area contributed by atoms with Crippen molar-refractivity contribution in [3.8, 4) is 0 Å². The number of hydrogen-bond acceptors (Lipinski definition) is 6. The molecule has 0 atom stereocenters. The summed E-state index contributed by atoms with van der Waals surface area (Å²) >= 11 is 0.